The average Bonchev–Trinajstić information content (AvgIpc) is 3.18. The smallest absolute Gasteiger partial charge is 0.368 e. The first-order valence-corrected chi connectivity index (χ1v) is 9.31. The number of carbonyl (C=O) groups is 2. The molecular weight excluding hydrogens is 346 g/mol. The molecule has 0 aliphatic carbocycles. The number of ketones is 1. The number of hydrogen-bond donors (Lipinski definition) is 0. The van der Waals surface area contributed by atoms with Gasteiger partial charge >= 0.3 is 5.97 Å². The van der Waals surface area contributed by atoms with E-state index >= 15 is 0 Å². The maximum atomic E-state index is 12.4. The first-order chi connectivity index (χ1) is 12.6. The average molecular weight is 365 g/mol. The van der Waals surface area contributed by atoms with E-state index in [1.807, 2.05) is 47.8 Å². The molecule has 0 aliphatic heterocycles. The van der Waals surface area contributed by atoms with Gasteiger partial charge in [-0.3, -0.25) is 4.79 Å². The van der Waals surface area contributed by atoms with Crippen LogP contribution in [0.3, 0.4) is 0 Å². The third kappa shape index (κ3) is 4.06. The number of thiazole rings is 1. The van der Waals surface area contributed by atoms with Crippen molar-refractivity contribution in [3.63, 3.8) is 0 Å². The summed E-state index contributed by atoms with van der Waals surface area (Å²) in [4.78, 5) is 29.1. The minimum atomic E-state index is -0.862. The van der Waals surface area contributed by atoms with Crippen molar-refractivity contribution in [1.29, 1.82) is 0 Å². The molecule has 1 atom stereocenters. The van der Waals surface area contributed by atoms with Crippen molar-refractivity contribution in [3.05, 3.63) is 76.1 Å². The van der Waals surface area contributed by atoms with Gasteiger partial charge < -0.3 is 4.74 Å². The lowest BCUT2D eigenvalue weighted by Gasteiger charge is -2.11. The standard InChI is InChI=1S/C21H19NO3S/c1-3-15-9-11-17(12-10-15)19(23)14(2)25-21(24)20-22-18(13-26-20)16-7-5-4-6-8-16/h4-14H,3H2,1-2H3/t14-/m0/s1. The highest BCUT2D eigenvalue weighted by Crippen LogP contribution is 2.22. The van der Waals surface area contributed by atoms with Gasteiger partial charge in [-0.2, -0.15) is 0 Å². The fourth-order valence-electron chi connectivity index (χ4n) is 2.51. The lowest BCUT2D eigenvalue weighted by molar-refractivity contribution is 0.0318. The maximum Gasteiger partial charge on any atom is 0.368 e. The number of esters is 1. The van der Waals surface area contributed by atoms with E-state index in [0.29, 0.717) is 5.56 Å². The Morgan fingerprint density at radius 1 is 1.08 bits per heavy atom. The van der Waals surface area contributed by atoms with E-state index in [4.69, 9.17) is 4.74 Å². The van der Waals surface area contributed by atoms with Gasteiger partial charge in [0.15, 0.2) is 6.10 Å². The topological polar surface area (TPSA) is 56.3 Å². The molecule has 1 heterocycles. The van der Waals surface area contributed by atoms with Crippen LogP contribution in [0.15, 0.2) is 60.0 Å². The van der Waals surface area contributed by atoms with Gasteiger partial charge in [0.25, 0.3) is 0 Å². The van der Waals surface area contributed by atoms with E-state index in [1.165, 1.54) is 11.3 Å². The van der Waals surface area contributed by atoms with Crippen LogP contribution in [0.25, 0.3) is 11.3 Å². The van der Waals surface area contributed by atoms with E-state index in [-0.39, 0.29) is 10.8 Å². The second-order valence-corrected chi connectivity index (χ2v) is 6.72. The van der Waals surface area contributed by atoms with Crippen LogP contribution in [0.5, 0.6) is 0 Å². The predicted molar refractivity (Wildman–Crippen MR) is 103 cm³/mol. The van der Waals surface area contributed by atoms with Crippen LogP contribution in [0.4, 0.5) is 0 Å². The Morgan fingerprint density at radius 3 is 2.42 bits per heavy atom. The molecule has 0 saturated heterocycles. The molecule has 3 rings (SSSR count). The molecule has 0 fully saturated rings. The minimum absolute atomic E-state index is 0.221. The summed E-state index contributed by atoms with van der Waals surface area (Å²) in [5.41, 5.74) is 3.34. The zero-order valence-corrected chi connectivity index (χ0v) is 15.5. The van der Waals surface area contributed by atoms with Gasteiger partial charge in [0, 0.05) is 16.5 Å². The van der Waals surface area contributed by atoms with Gasteiger partial charge in [0.2, 0.25) is 10.8 Å². The number of ether oxygens (including phenoxy) is 1. The molecule has 5 heteroatoms. The molecular formula is C21H19NO3S. The molecule has 132 valence electrons. The Kier molecular flexibility index (Phi) is 5.58. The first-order valence-electron chi connectivity index (χ1n) is 8.43. The molecule has 26 heavy (non-hydrogen) atoms. The van der Waals surface area contributed by atoms with Crippen molar-refractivity contribution in [2.75, 3.05) is 0 Å². The molecule has 0 radical (unpaired) electrons. The highest BCUT2D eigenvalue weighted by Gasteiger charge is 2.22. The van der Waals surface area contributed by atoms with Crippen molar-refractivity contribution >= 4 is 23.1 Å². The molecule has 1 aromatic heterocycles. The monoisotopic (exact) mass is 365 g/mol. The Bertz CT molecular complexity index is 901. The highest BCUT2D eigenvalue weighted by molar-refractivity contribution is 7.11. The van der Waals surface area contributed by atoms with Gasteiger partial charge in [0.1, 0.15) is 0 Å². The summed E-state index contributed by atoms with van der Waals surface area (Å²) in [5, 5.41) is 2.05. The molecule has 0 bridgehead atoms. The summed E-state index contributed by atoms with van der Waals surface area (Å²) in [6.45, 7) is 3.64. The molecule has 3 aromatic rings. The predicted octanol–water partition coefficient (Wildman–Crippen LogP) is 4.80. The summed E-state index contributed by atoms with van der Waals surface area (Å²) < 4.78 is 5.32. The van der Waals surface area contributed by atoms with Crippen molar-refractivity contribution in [2.24, 2.45) is 0 Å². The van der Waals surface area contributed by atoms with Crippen LogP contribution >= 0.6 is 11.3 Å². The molecule has 2 aromatic carbocycles. The summed E-state index contributed by atoms with van der Waals surface area (Å²) >= 11 is 1.21. The number of carbonyl (C=O) groups excluding carboxylic acids is 2. The Balaban J connectivity index is 1.67. The summed E-state index contributed by atoms with van der Waals surface area (Å²) in [6, 6.07) is 17.0. The first kappa shape index (κ1) is 18.0. The Morgan fingerprint density at radius 2 is 1.77 bits per heavy atom. The fraction of sp³-hybridized carbons (Fsp3) is 0.190. The van der Waals surface area contributed by atoms with E-state index in [2.05, 4.69) is 11.9 Å². The van der Waals surface area contributed by atoms with Gasteiger partial charge in [-0.1, -0.05) is 61.5 Å². The van der Waals surface area contributed by atoms with Crippen LogP contribution in [-0.2, 0) is 11.2 Å². The SMILES string of the molecule is CCc1ccc(C(=O)[C@H](C)OC(=O)c2nc(-c3ccccc3)cs2)cc1. The van der Waals surface area contributed by atoms with Crippen LogP contribution < -0.4 is 0 Å². The number of rotatable bonds is 6. The zero-order chi connectivity index (χ0) is 18.5. The third-order valence-corrected chi connectivity index (χ3v) is 4.87. The van der Waals surface area contributed by atoms with Crippen molar-refractivity contribution in [3.8, 4) is 11.3 Å². The zero-order valence-electron chi connectivity index (χ0n) is 14.6. The van der Waals surface area contributed by atoms with E-state index in [1.54, 1.807) is 19.1 Å². The van der Waals surface area contributed by atoms with Gasteiger partial charge in [0.05, 0.1) is 5.69 Å². The van der Waals surface area contributed by atoms with Crippen LogP contribution in [-0.4, -0.2) is 22.8 Å². The Hall–Kier alpha value is -2.79. The molecule has 0 spiro atoms. The second-order valence-electron chi connectivity index (χ2n) is 5.87. The summed E-state index contributed by atoms with van der Waals surface area (Å²) in [7, 11) is 0. The van der Waals surface area contributed by atoms with E-state index in [0.717, 1.165) is 23.2 Å². The van der Waals surface area contributed by atoms with Crippen molar-refractivity contribution in [1.82, 2.24) is 4.98 Å². The number of benzene rings is 2. The molecule has 0 N–H and O–H groups in total. The van der Waals surface area contributed by atoms with Crippen LogP contribution in [0, 0.1) is 0 Å². The van der Waals surface area contributed by atoms with Gasteiger partial charge in [-0.25, -0.2) is 9.78 Å². The number of Topliss-reactive ketones (excluding diaryl/α,β-unsaturated/α-hetero) is 1. The molecule has 0 aliphatic rings. The van der Waals surface area contributed by atoms with Crippen molar-refractivity contribution in [2.45, 2.75) is 26.4 Å². The number of nitrogens with zero attached hydrogens (tertiary/aromatic N) is 1. The van der Waals surface area contributed by atoms with E-state index < -0.39 is 12.1 Å². The lowest BCUT2D eigenvalue weighted by Crippen LogP contribution is -2.24. The van der Waals surface area contributed by atoms with Crippen LogP contribution in [0.2, 0.25) is 0 Å². The second kappa shape index (κ2) is 8.06. The number of aryl methyl sites for hydroxylation is 1. The molecule has 4 nitrogen and oxygen atoms in total. The normalized spacial score (nSPS) is 11.8. The number of hydrogen-bond acceptors (Lipinski definition) is 5. The summed E-state index contributed by atoms with van der Waals surface area (Å²) in [6.07, 6.45) is 0.0475. The molecule has 0 saturated carbocycles. The molecule has 0 amide bonds. The van der Waals surface area contributed by atoms with Crippen molar-refractivity contribution < 1.29 is 14.3 Å². The largest absolute Gasteiger partial charge is 0.449 e. The quantitative estimate of drug-likeness (QED) is 0.465. The summed E-state index contributed by atoms with van der Waals surface area (Å²) in [5.74, 6) is -0.802. The van der Waals surface area contributed by atoms with Crippen LogP contribution in [0.1, 0.15) is 39.6 Å². The van der Waals surface area contributed by atoms with E-state index in [9.17, 15) is 9.59 Å². The lowest BCUT2D eigenvalue weighted by atomic mass is 10.0. The third-order valence-electron chi connectivity index (χ3n) is 4.05. The van der Waals surface area contributed by atoms with Gasteiger partial charge in [-0.15, -0.1) is 11.3 Å². The molecule has 0 unspecified atom stereocenters. The van der Waals surface area contributed by atoms with Gasteiger partial charge in [-0.05, 0) is 18.9 Å². The fourth-order valence-corrected chi connectivity index (χ4v) is 3.22. The Labute approximate surface area is 156 Å². The maximum absolute atomic E-state index is 12.4. The highest BCUT2D eigenvalue weighted by atomic mass is 32.1. The number of aromatic nitrogens is 1. The minimum Gasteiger partial charge on any atom is -0.449 e.